The van der Waals surface area contributed by atoms with Crippen molar-refractivity contribution in [2.75, 3.05) is 37.4 Å². The van der Waals surface area contributed by atoms with E-state index < -0.39 is 0 Å². The van der Waals surface area contributed by atoms with Crippen LogP contribution in [-0.4, -0.2) is 48.1 Å². The largest absolute Gasteiger partial charge is 0.384 e. The minimum Gasteiger partial charge on any atom is -0.384 e. The Morgan fingerprint density at radius 1 is 1.29 bits per heavy atom. The van der Waals surface area contributed by atoms with E-state index in [-0.39, 0.29) is 36.8 Å². The zero-order valence-corrected chi connectivity index (χ0v) is 15.9. The molecule has 6 nitrogen and oxygen atoms in total. The average Bonchev–Trinajstić information content (AvgIpc) is 2.55. The first-order valence-corrected chi connectivity index (χ1v) is 7.99. The highest BCUT2D eigenvalue weighted by molar-refractivity contribution is 5.95. The molecule has 2 rings (SSSR count). The van der Waals surface area contributed by atoms with Gasteiger partial charge in [0.2, 0.25) is 5.91 Å². The molecule has 1 aliphatic heterocycles. The fourth-order valence-corrected chi connectivity index (χ4v) is 2.96. The second-order valence-electron chi connectivity index (χ2n) is 5.63. The molecule has 0 radical (unpaired) electrons. The minimum absolute atomic E-state index is 0. The fraction of sp³-hybridized carbons (Fsp3) is 0.625. The average molecular weight is 379 g/mol. The van der Waals surface area contributed by atoms with Crippen molar-refractivity contribution in [1.29, 1.82) is 0 Å². The van der Waals surface area contributed by atoms with Crippen molar-refractivity contribution in [2.45, 2.75) is 32.7 Å². The highest BCUT2D eigenvalue weighted by Crippen LogP contribution is 2.22. The summed E-state index contributed by atoms with van der Waals surface area (Å²) in [5.41, 5.74) is 6.26. The number of halogens is 2. The maximum atomic E-state index is 12.8. The normalized spacial score (nSPS) is 16.0. The van der Waals surface area contributed by atoms with Crippen molar-refractivity contribution >= 4 is 42.2 Å². The van der Waals surface area contributed by atoms with Crippen LogP contribution in [0.4, 0.5) is 11.5 Å². The number of hydrogen-bond acceptors (Lipinski definition) is 5. The van der Waals surface area contributed by atoms with Gasteiger partial charge in [0, 0.05) is 13.1 Å². The lowest BCUT2D eigenvalue weighted by atomic mass is 9.91. The molecule has 0 aromatic carbocycles. The van der Waals surface area contributed by atoms with Crippen molar-refractivity contribution in [3.63, 3.8) is 0 Å². The van der Waals surface area contributed by atoms with Gasteiger partial charge >= 0.3 is 0 Å². The molecule has 0 bridgehead atoms. The zero-order valence-electron chi connectivity index (χ0n) is 14.2. The van der Waals surface area contributed by atoms with Crippen LogP contribution >= 0.6 is 24.8 Å². The molecule has 138 valence electrons. The van der Waals surface area contributed by atoms with Gasteiger partial charge in [-0.15, -0.1) is 24.8 Å². The minimum atomic E-state index is -0.128. The number of nitrogens with one attached hydrogen (secondary N) is 1. The number of carbonyl (C=O) groups is 1. The number of pyridine rings is 1. The molecule has 1 atom stereocenters. The predicted molar refractivity (Wildman–Crippen MR) is 102 cm³/mol. The number of carbonyl (C=O) groups excluding carboxylic acids is 1. The number of rotatable bonds is 6. The number of hydrogen-bond donors (Lipinski definition) is 2. The number of nitrogens with two attached hydrogens (primary N) is 1. The van der Waals surface area contributed by atoms with Gasteiger partial charge in [-0.05, 0) is 18.1 Å². The smallest absolute Gasteiger partial charge is 0.242 e. The van der Waals surface area contributed by atoms with E-state index in [1.807, 2.05) is 0 Å². The predicted octanol–water partition coefficient (Wildman–Crippen LogP) is 2.58. The Hall–Kier alpha value is -1.08. The number of morpholine rings is 1. The van der Waals surface area contributed by atoms with E-state index in [9.17, 15) is 4.79 Å². The van der Waals surface area contributed by atoms with Gasteiger partial charge in [0.05, 0.1) is 31.1 Å². The van der Waals surface area contributed by atoms with Gasteiger partial charge in [0.25, 0.3) is 0 Å². The Morgan fingerprint density at radius 3 is 2.42 bits per heavy atom. The zero-order chi connectivity index (χ0) is 15.9. The van der Waals surface area contributed by atoms with Crippen molar-refractivity contribution in [2.24, 2.45) is 5.92 Å². The van der Waals surface area contributed by atoms with Gasteiger partial charge in [0.1, 0.15) is 5.82 Å². The number of amides is 1. The molecule has 0 spiro atoms. The lowest BCUT2D eigenvalue weighted by molar-refractivity contribution is -0.125. The number of nitrogens with zero attached hydrogens (tertiary/aromatic N) is 2. The molecule has 1 aliphatic rings. The summed E-state index contributed by atoms with van der Waals surface area (Å²) in [5, 5.41) is 2.98. The highest BCUT2D eigenvalue weighted by atomic mass is 35.5. The standard InChI is InChI=1S/C16H26N4O2.2ClH/c1-3-12(4-2)15(20-7-9-22-10-8-20)16(21)19-13-5-6-14(17)18-11-13;;/h5-6,11-12,15H,3-4,7-10H2,1-2H3,(H2,17,18)(H,19,21);2*1H. The van der Waals surface area contributed by atoms with E-state index >= 15 is 0 Å². The summed E-state index contributed by atoms with van der Waals surface area (Å²) >= 11 is 0. The van der Waals surface area contributed by atoms with Crippen molar-refractivity contribution < 1.29 is 9.53 Å². The van der Waals surface area contributed by atoms with Crippen LogP contribution in [0.3, 0.4) is 0 Å². The third-order valence-electron chi connectivity index (χ3n) is 4.26. The summed E-state index contributed by atoms with van der Waals surface area (Å²) in [6.45, 7) is 7.25. The lowest BCUT2D eigenvalue weighted by Gasteiger charge is -2.37. The summed E-state index contributed by atoms with van der Waals surface area (Å²) in [5.74, 6) is 0.810. The Labute approximate surface area is 156 Å². The number of aromatic nitrogens is 1. The highest BCUT2D eigenvalue weighted by Gasteiger charge is 2.32. The van der Waals surface area contributed by atoms with Gasteiger partial charge in [0.15, 0.2) is 0 Å². The maximum absolute atomic E-state index is 12.8. The number of ether oxygens (including phenoxy) is 1. The van der Waals surface area contributed by atoms with Gasteiger partial charge in [-0.25, -0.2) is 4.98 Å². The molecular formula is C16H28Cl2N4O2. The molecule has 1 aromatic heterocycles. The molecule has 1 amide bonds. The molecule has 0 aliphatic carbocycles. The molecule has 1 unspecified atom stereocenters. The summed E-state index contributed by atoms with van der Waals surface area (Å²) in [6, 6.07) is 3.34. The van der Waals surface area contributed by atoms with Gasteiger partial charge < -0.3 is 15.8 Å². The molecule has 24 heavy (non-hydrogen) atoms. The molecule has 1 fully saturated rings. The fourth-order valence-electron chi connectivity index (χ4n) is 2.96. The third kappa shape index (κ3) is 6.09. The van der Waals surface area contributed by atoms with E-state index in [0.717, 1.165) is 25.9 Å². The van der Waals surface area contributed by atoms with Crippen molar-refractivity contribution in [3.05, 3.63) is 18.3 Å². The van der Waals surface area contributed by atoms with Crippen LogP contribution in [0.25, 0.3) is 0 Å². The molecule has 3 N–H and O–H groups in total. The molecule has 8 heteroatoms. The van der Waals surface area contributed by atoms with E-state index in [4.69, 9.17) is 10.5 Å². The maximum Gasteiger partial charge on any atom is 0.242 e. The summed E-state index contributed by atoms with van der Waals surface area (Å²) < 4.78 is 5.41. The first-order valence-electron chi connectivity index (χ1n) is 7.99. The molecule has 2 heterocycles. The van der Waals surface area contributed by atoms with E-state index in [2.05, 4.69) is 29.0 Å². The van der Waals surface area contributed by atoms with Crippen LogP contribution in [0.5, 0.6) is 0 Å². The summed E-state index contributed by atoms with van der Waals surface area (Å²) in [6.07, 6.45) is 3.55. The second-order valence-corrected chi connectivity index (χ2v) is 5.63. The van der Waals surface area contributed by atoms with Gasteiger partial charge in [-0.3, -0.25) is 9.69 Å². The first kappa shape index (κ1) is 22.9. The Bertz CT molecular complexity index is 477. The quantitative estimate of drug-likeness (QED) is 0.794. The van der Waals surface area contributed by atoms with Crippen LogP contribution in [0.15, 0.2) is 18.3 Å². The Morgan fingerprint density at radius 2 is 1.92 bits per heavy atom. The van der Waals surface area contributed by atoms with Crippen LogP contribution in [0, 0.1) is 5.92 Å². The lowest BCUT2D eigenvalue weighted by Crippen LogP contribution is -2.52. The van der Waals surface area contributed by atoms with Crippen LogP contribution in [0.1, 0.15) is 26.7 Å². The van der Waals surface area contributed by atoms with E-state index in [0.29, 0.717) is 30.6 Å². The monoisotopic (exact) mass is 378 g/mol. The SMILES string of the molecule is CCC(CC)C(C(=O)Nc1ccc(N)nc1)N1CCOCC1.Cl.Cl. The van der Waals surface area contributed by atoms with Crippen LogP contribution < -0.4 is 11.1 Å². The third-order valence-corrected chi connectivity index (χ3v) is 4.26. The van der Waals surface area contributed by atoms with E-state index in [1.54, 1.807) is 18.3 Å². The van der Waals surface area contributed by atoms with E-state index in [1.165, 1.54) is 0 Å². The van der Waals surface area contributed by atoms with Crippen LogP contribution in [0.2, 0.25) is 0 Å². The Kier molecular flexibility index (Phi) is 11.0. The number of nitrogen functional groups attached to an aromatic ring is 1. The molecule has 1 aromatic rings. The second kappa shape index (κ2) is 11.5. The van der Waals surface area contributed by atoms with Crippen molar-refractivity contribution in [3.8, 4) is 0 Å². The summed E-state index contributed by atoms with van der Waals surface area (Å²) in [7, 11) is 0. The van der Waals surface area contributed by atoms with Gasteiger partial charge in [-0.2, -0.15) is 0 Å². The van der Waals surface area contributed by atoms with Gasteiger partial charge in [-0.1, -0.05) is 26.7 Å². The topological polar surface area (TPSA) is 80.5 Å². The molecule has 0 saturated carbocycles. The first-order chi connectivity index (χ1) is 10.7. The summed E-state index contributed by atoms with van der Waals surface area (Å²) in [4.78, 5) is 19.1. The van der Waals surface area contributed by atoms with Crippen molar-refractivity contribution in [1.82, 2.24) is 9.88 Å². The molecular weight excluding hydrogens is 351 g/mol. The Balaban J connectivity index is 0.00000264. The number of anilines is 2. The van der Waals surface area contributed by atoms with Crippen LogP contribution in [-0.2, 0) is 9.53 Å². The molecule has 1 saturated heterocycles.